The van der Waals surface area contributed by atoms with Crippen molar-refractivity contribution in [2.24, 2.45) is 5.14 Å². The van der Waals surface area contributed by atoms with Gasteiger partial charge < -0.3 is 19.8 Å². The summed E-state index contributed by atoms with van der Waals surface area (Å²) < 4.78 is 32.7. The zero-order chi connectivity index (χ0) is 22.6. The summed E-state index contributed by atoms with van der Waals surface area (Å²) in [4.78, 5) is 39.5. The predicted molar refractivity (Wildman–Crippen MR) is 108 cm³/mol. The maximum Gasteiger partial charge on any atom is 0.355 e. The Labute approximate surface area is 173 Å². The number of nitrogens with two attached hydrogens (primary N) is 1. The maximum absolute atomic E-state index is 12.5. The summed E-state index contributed by atoms with van der Waals surface area (Å²) in [5.41, 5.74) is 1.37. The number of nitrogens with one attached hydrogen (secondary N) is 2. The number of H-pyrrole nitrogens is 1. The van der Waals surface area contributed by atoms with Gasteiger partial charge in [0.2, 0.25) is 10.0 Å². The number of benzene rings is 1. The molecule has 1 heterocycles. The highest BCUT2D eigenvalue weighted by Crippen LogP contribution is 2.21. The molecule has 1 aromatic carbocycles. The third kappa shape index (κ3) is 5.24. The average molecular weight is 437 g/mol. The van der Waals surface area contributed by atoms with E-state index < -0.39 is 34.0 Å². The summed E-state index contributed by atoms with van der Waals surface area (Å²) in [6.07, 6.45) is -1.16. The van der Waals surface area contributed by atoms with Gasteiger partial charge >= 0.3 is 11.9 Å². The maximum atomic E-state index is 12.5. The number of esters is 2. The summed E-state index contributed by atoms with van der Waals surface area (Å²) in [6.45, 7) is 6.41. The number of amides is 1. The zero-order valence-electron chi connectivity index (χ0n) is 16.9. The fourth-order valence-electron chi connectivity index (χ4n) is 2.71. The first-order chi connectivity index (χ1) is 14.0. The number of aromatic nitrogens is 1. The minimum Gasteiger partial charge on any atom is -0.461 e. The van der Waals surface area contributed by atoms with Gasteiger partial charge in [-0.05, 0) is 57.5 Å². The van der Waals surface area contributed by atoms with E-state index in [0.29, 0.717) is 16.9 Å². The van der Waals surface area contributed by atoms with Gasteiger partial charge in [0.05, 0.1) is 17.1 Å². The molecule has 162 valence electrons. The van der Waals surface area contributed by atoms with Crippen LogP contribution in [0.25, 0.3) is 0 Å². The van der Waals surface area contributed by atoms with E-state index in [1.165, 1.54) is 31.2 Å². The Bertz CT molecular complexity index is 1070. The number of anilines is 1. The summed E-state index contributed by atoms with van der Waals surface area (Å²) in [7, 11) is -3.84. The van der Waals surface area contributed by atoms with Crippen LogP contribution in [0.4, 0.5) is 5.69 Å². The molecule has 1 unspecified atom stereocenters. The molecule has 0 aliphatic carbocycles. The molecule has 0 fully saturated rings. The quantitative estimate of drug-likeness (QED) is 0.555. The molecular formula is C19H23N3O7S. The first-order valence-corrected chi connectivity index (χ1v) is 10.5. The van der Waals surface area contributed by atoms with Gasteiger partial charge in [0.15, 0.2) is 6.10 Å². The number of aryl methyl sites for hydroxylation is 1. The standard InChI is InChI=1S/C19H23N3O7S/c1-5-28-19(25)16-10(2)15(11(3)21-16)18(24)29-12(4)17(23)22-13-6-8-14(9-7-13)30(20,26)27/h6-9,12,21H,5H2,1-4H3,(H,22,23)(H2,20,26,27). The molecule has 2 rings (SSSR count). The van der Waals surface area contributed by atoms with Crippen LogP contribution in [0.3, 0.4) is 0 Å². The van der Waals surface area contributed by atoms with Crippen molar-refractivity contribution in [3.8, 4) is 0 Å². The SMILES string of the molecule is CCOC(=O)c1[nH]c(C)c(C(=O)OC(C)C(=O)Nc2ccc(S(N)(=O)=O)cc2)c1C. The second-order valence-corrected chi connectivity index (χ2v) is 8.01. The minimum atomic E-state index is -3.84. The fourth-order valence-corrected chi connectivity index (χ4v) is 3.22. The third-order valence-corrected chi connectivity index (χ3v) is 5.15. The second-order valence-electron chi connectivity index (χ2n) is 6.45. The van der Waals surface area contributed by atoms with E-state index in [2.05, 4.69) is 10.3 Å². The van der Waals surface area contributed by atoms with Gasteiger partial charge in [-0.15, -0.1) is 0 Å². The molecule has 0 saturated heterocycles. The van der Waals surface area contributed by atoms with Gasteiger partial charge in [0, 0.05) is 11.4 Å². The predicted octanol–water partition coefficient (Wildman–Crippen LogP) is 1.64. The number of carbonyl (C=O) groups excluding carboxylic acids is 3. The van der Waals surface area contributed by atoms with Gasteiger partial charge in [-0.25, -0.2) is 23.1 Å². The van der Waals surface area contributed by atoms with Crippen LogP contribution < -0.4 is 10.5 Å². The molecule has 30 heavy (non-hydrogen) atoms. The molecule has 1 atom stereocenters. The molecule has 11 heteroatoms. The van der Waals surface area contributed by atoms with E-state index in [9.17, 15) is 22.8 Å². The summed E-state index contributed by atoms with van der Waals surface area (Å²) in [5, 5.41) is 7.54. The van der Waals surface area contributed by atoms with Crippen molar-refractivity contribution in [1.82, 2.24) is 4.98 Å². The molecule has 0 saturated carbocycles. The normalized spacial score (nSPS) is 12.2. The highest BCUT2D eigenvalue weighted by atomic mass is 32.2. The van der Waals surface area contributed by atoms with Crippen LogP contribution in [-0.2, 0) is 24.3 Å². The van der Waals surface area contributed by atoms with Crippen molar-refractivity contribution in [1.29, 1.82) is 0 Å². The smallest absolute Gasteiger partial charge is 0.355 e. The Morgan fingerprint density at radius 3 is 2.27 bits per heavy atom. The Balaban J connectivity index is 2.08. The number of hydrogen-bond donors (Lipinski definition) is 3. The van der Waals surface area contributed by atoms with E-state index >= 15 is 0 Å². The zero-order valence-corrected chi connectivity index (χ0v) is 17.8. The van der Waals surface area contributed by atoms with Crippen molar-refractivity contribution < 1.29 is 32.3 Å². The lowest BCUT2D eigenvalue weighted by atomic mass is 10.1. The van der Waals surface area contributed by atoms with E-state index in [-0.39, 0.29) is 22.8 Å². The first-order valence-electron chi connectivity index (χ1n) is 8.96. The molecule has 0 aliphatic heterocycles. The highest BCUT2D eigenvalue weighted by molar-refractivity contribution is 7.89. The van der Waals surface area contributed by atoms with Gasteiger partial charge in [-0.2, -0.15) is 0 Å². The third-order valence-electron chi connectivity index (χ3n) is 4.22. The summed E-state index contributed by atoms with van der Waals surface area (Å²) in [5.74, 6) is -1.99. The van der Waals surface area contributed by atoms with E-state index in [4.69, 9.17) is 14.6 Å². The fraction of sp³-hybridized carbons (Fsp3) is 0.316. The first kappa shape index (κ1) is 23.1. The molecular weight excluding hydrogens is 414 g/mol. The number of carbonyl (C=O) groups is 3. The molecule has 4 N–H and O–H groups in total. The molecule has 1 aromatic heterocycles. The van der Waals surface area contributed by atoms with E-state index in [0.717, 1.165) is 0 Å². The van der Waals surface area contributed by atoms with Gasteiger partial charge in [0.25, 0.3) is 5.91 Å². The largest absolute Gasteiger partial charge is 0.461 e. The number of rotatable bonds is 7. The van der Waals surface area contributed by atoms with Crippen LogP contribution >= 0.6 is 0 Å². The Morgan fingerprint density at radius 2 is 1.73 bits per heavy atom. The van der Waals surface area contributed by atoms with Crippen LogP contribution in [0.15, 0.2) is 29.2 Å². The van der Waals surface area contributed by atoms with Gasteiger partial charge in [0.1, 0.15) is 5.69 Å². The van der Waals surface area contributed by atoms with Gasteiger partial charge in [-0.3, -0.25) is 4.79 Å². The molecule has 10 nitrogen and oxygen atoms in total. The number of primary sulfonamides is 1. The molecule has 0 aliphatic rings. The van der Waals surface area contributed by atoms with Crippen molar-refractivity contribution >= 4 is 33.6 Å². The van der Waals surface area contributed by atoms with Crippen LogP contribution in [-0.4, -0.2) is 44.0 Å². The van der Waals surface area contributed by atoms with Crippen molar-refractivity contribution in [3.05, 3.63) is 46.8 Å². The molecule has 0 spiro atoms. The lowest BCUT2D eigenvalue weighted by molar-refractivity contribution is -0.123. The van der Waals surface area contributed by atoms with Gasteiger partial charge in [-0.1, -0.05) is 0 Å². The Morgan fingerprint density at radius 1 is 1.13 bits per heavy atom. The average Bonchev–Trinajstić information content (AvgIpc) is 2.96. The second kappa shape index (κ2) is 9.09. The van der Waals surface area contributed by atoms with Crippen molar-refractivity contribution in [3.63, 3.8) is 0 Å². The van der Waals surface area contributed by atoms with Crippen molar-refractivity contribution in [2.75, 3.05) is 11.9 Å². The monoisotopic (exact) mass is 437 g/mol. The molecule has 0 radical (unpaired) electrons. The number of sulfonamides is 1. The number of hydrogen-bond acceptors (Lipinski definition) is 7. The number of ether oxygens (including phenoxy) is 2. The van der Waals surface area contributed by atoms with Crippen LogP contribution in [0.5, 0.6) is 0 Å². The Hall–Kier alpha value is -3.18. The lowest BCUT2D eigenvalue weighted by Gasteiger charge is -2.14. The topological polar surface area (TPSA) is 158 Å². The summed E-state index contributed by atoms with van der Waals surface area (Å²) in [6, 6.07) is 5.20. The van der Waals surface area contributed by atoms with Crippen LogP contribution in [0.2, 0.25) is 0 Å². The Kier molecular flexibility index (Phi) is 7.00. The minimum absolute atomic E-state index is 0.101. The highest BCUT2D eigenvalue weighted by Gasteiger charge is 2.26. The summed E-state index contributed by atoms with van der Waals surface area (Å²) >= 11 is 0. The van der Waals surface area contributed by atoms with E-state index in [1.807, 2.05) is 0 Å². The lowest BCUT2D eigenvalue weighted by Crippen LogP contribution is -2.30. The van der Waals surface area contributed by atoms with Crippen LogP contribution in [0.1, 0.15) is 46.0 Å². The molecule has 2 aromatic rings. The number of aromatic amines is 1. The van der Waals surface area contributed by atoms with E-state index in [1.54, 1.807) is 20.8 Å². The van der Waals surface area contributed by atoms with Crippen molar-refractivity contribution in [2.45, 2.75) is 38.7 Å². The molecule has 1 amide bonds. The molecule has 0 bridgehead atoms. The van der Waals surface area contributed by atoms with Crippen LogP contribution in [0, 0.1) is 13.8 Å².